The van der Waals surface area contributed by atoms with Gasteiger partial charge in [-0.2, -0.15) is 0 Å². The lowest BCUT2D eigenvalue weighted by Crippen LogP contribution is -2.46. The third kappa shape index (κ3) is 2.98. The van der Waals surface area contributed by atoms with Crippen LogP contribution in [0.5, 0.6) is 0 Å². The number of nitrogens with zero attached hydrogens (tertiary/aromatic N) is 4. The average Bonchev–Trinajstić information content (AvgIpc) is 3.11. The van der Waals surface area contributed by atoms with Crippen LogP contribution in [0.1, 0.15) is 45.4 Å². The minimum atomic E-state index is 0.225. The van der Waals surface area contributed by atoms with Crippen LogP contribution in [0.3, 0.4) is 0 Å². The van der Waals surface area contributed by atoms with Crippen molar-refractivity contribution < 1.29 is 4.79 Å². The van der Waals surface area contributed by atoms with Crippen molar-refractivity contribution in [3.8, 4) is 0 Å². The Labute approximate surface area is 148 Å². The number of hydrogen-bond donors (Lipinski definition) is 1. The number of hydrogen-bond acceptors (Lipinski definition) is 4. The quantitative estimate of drug-likeness (QED) is 0.912. The third-order valence-electron chi connectivity index (χ3n) is 6.50. The highest BCUT2D eigenvalue weighted by Gasteiger charge is 2.39. The summed E-state index contributed by atoms with van der Waals surface area (Å²) >= 11 is 0. The van der Waals surface area contributed by atoms with Crippen molar-refractivity contribution in [2.75, 3.05) is 25.0 Å². The first-order valence-electron chi connectivity index (χ1n) is 9.34. The van der Waals surface area contributed by atoms with E-state index in [9.17, 15) is 4.79 Å². The van der Waals surface area contributed by atoms with Crippen molar-refractivity contribution in [2.45, 2.75) is 51.5 Å². The van der Waals surface area contributed by atoms with Crippen molar-refractivity contribution in [3.63, 3.8) is 0 Å². The van der Waals surface area contributed by atoms with E-state index in [1.165, 1.54) is 38.5 Å². The Morgan fingerprint density at radius 3 is 2.64 bits per heavy atom. The van der Waals surface area contributed by atoms with E-state index in [4.69, 9.17) is 0 Å². The van der Waals surface area contributed by atoms with Crippen LogP contribution in [0.15, 0.2) is 18.6 Å². The van der Waals surface area contributed by atoms with E-state index in [0.29, 0.717) is 11.5 Å². The molecule has 0 aromatic carbocycles. The fourth-order valence-corrected chi connectivity index (χ4v) is 4.71. The number of nitrogens with one attached hydrogen (secondary N) is 1. The number of H-pyrrole nitrogens is 1. The van der Waals surface area contributed by atoms with Gasteiger partial charge in [0.2, 0.25) is 5.91 Å². The first-order chi connectivity index (χ1) is 12.1. The molecule has 0 radical (unpaired) electrons. The normalized spacial score (nSPS) is 21.0. The van der Waals surface area contributed by atoms with E-state index in [1.54, 1.807) is 13.3 Å². The van der Waals surface area contributed by atoms with E-state index >= 15 is 0 Å². The van der Waals surface area contributed by atoms with Gasteiger partial charge in [-0.1, -0.05) is 0 Å². The van der Waals surface area contributed by atoms with Crippen LogP contribution >= 0.6 is 0 Å². The molecule has 1 aliphatic carbocycles. The highest BCUT2D eigenvalue weighted by Crippen LogP contribution is 2.46. The van der Waals surface area contributed by atoms with E-state index in [1.807, 2.05) is 11.1 Å². The SMILES string of the molecule is CC(=O)N1CCC2(CCC(N(C)c3ncnc4[nH]ccc34)CC2)CC1. The molecule has 134 valence electrons. The number of aromatic nitrogens is 3. The Balaban J connectivity index is 1.42. The number of aromatic amines is 1. The molecule has 2 aromatic heterocycles. The summed E-state index contributed by atoms with van der Waals surface area (Å²) in [4.78, 5) is 27.9. The van der Waals surface area contributed by atoms with Gasteiger partial charge in [0, 0.05) is 39.3 Å². The predicted molar refractivity (Wildman–Crippen MR) is 98.5 cm³/mol. The topological polar surface area (TPSA) is 65.1 Å². The van der Waals surface area contributed by atoms with Crippen molar-refractivity contribution in [1.29, 1.82) is 0 Å². The molecule has 1 N–H and O–H groups in total. The molecule has 6 nitrogen and oxygen atoms in total. The second kappa shape index (κ2) is 6.32. The smallest absolute Gasteiger partial charge is 0.219 e. The Morgan fingerprint density at radius 1 is 1.24 bits per heavy atom. The lowest BCUT2D eigenvalue weighted by atomic mass is 9.66. The second-order valence-corrected chi connectivity index (χ2v) is 7.79. The largest absolute Gasteiger partial charge is 0.356 e. The molecule has 1 saturated heterocycles. The van der Waals surface area contributed by atoms with Gasteiger partial charge in [-0.05, 0) is 50.0 Å². The maximum absolute atomic E-state index is 11.6. The minimum Gasteiger partial charge on any atom is -0.356 e. The molecule has 1 aliphatic heterocycles. The molecule has 2 fully saturated rings. The molecular formula is C19H27N5O. The van der Waals surface area contributed by atoms with Crippen LogP contribution in [-0.4, -0.2) is 51.9 Å². The molecule has 3 heterocycles. The van der Waals surface area contributed by atoms with E-state index < -0.39 is 0 Å². The molecule has 0 atom stereocenters. The molecule has 1 saturated carbocycles. The second-order valence-electron chi connectivity index (χ2n) is 7.79. The highest BCUT2D eigenvalue weighted by atomic mass is 16.2. The lowest BCUT2D eigenvalue weighted by Gasteiger charge is -2.47. The molecule has 4 rings (SSSR count). The number of carbonyl (C=O) groups is 1. The minimum absolute atomic E-state index is 0.225. The van der Waals surface area contributed by atoms with Gasteiger partial charge in [0.1, 0.15) is 17.8 Å². The van der Waals surface area contributed by atoms with Gasteiger partial charge in [-0.15, -0.1) is 0 Å². The van der Waals surface area contributed by atoms with Crippen LogP contribution in [0.2, 0.25) is 0 Å². The number of anilines is 1. The molecule has 25 heavy (non-hydrogen) atoms. The van der Waals surface area contributed by atoms with E-state index in [2.05, 4.69) is 33.0 Å². The number of piperidine rings is 1. The van der Waals surface area contributed by atoms with Gasteiger partial charge < -0.3 is 14.8 Å². The van der Waals surface area contributed by atoms with Crippen LogP contribution in [-0.2, 0) is 4.79 Å². The lowest BCUT2D eigenvalue weighted by molar-refractivity contribution is -0.131. The van der Waals surface area contributed by atoms with Gasteiger partial charge in [0.25, 0.3) is 0 Å². The Hall–Kier alpha value is -2.11. The van der Waals surface area contributed by atoms with E-state index in [-0.39, 0.29) is 5.91 Å². The Kier molecular flexibility index (Phi) is 4.13. The standard InChI is InChI=1S/C19H27N5O/c1-14(25)24-11-8-19(9-12-24)6-3-15(4-7-19)23(2)18-16-5-10-20-17(16)21-13-22-18/h5,10,13,15H,3-4,6-9,11-12H2,1-2H3,(H,20,21,22). The highest BCUT2D eigenvalue weighted by molar-refractivity contribution is 5.87. The zero-order valence-corrected chi connectivity index (χ0v) is 15.2. The van der Waals surface area contributed by atoms with Gasteiger partial charge in [-0.25, -0.2) is 9.97 Å². The summed E-state index contributed by atoms with van der Waals surface area (Å²) in [6.45, 7) is 3.56. The molecule has 0 bridgehead atoms. The summed E-state index contributed by atoms with van der Waals surface area (Å²) in [5.41, 5.74) is 1.36. The molecule has 0 unspecified atom stereocenters. The Bertz CT molecular complexity index is 752. The van der Waals surface area contributed by atoms with Crippen molar-refractivity contribution >= 4 is 22.8 Å². The molecule has 1 spiro atoms. The van der Waals surface area contributed by atoms with Crippen molar-refractivity contribution in [2.24, 2.45) is 5.41 Å². The van der Waals surface area contributed by atoms with Gasteiger partial charge in [0.15, 0.2) is 0 Å². The zero-order valence-electron chi connectivity index (χ0n) is 15.2. The fourth-order valence-electron chi connectivity index (χ4n) is 4.71. The van der Waals surface area contributed by atoms with Crippen LogP contribution in [0, 0.1) is 5.41 Å². The predicted octanol–water partition coefficient (Wildman–Crippen LogP) is 2.97. The zero-order chi connectivity index (χ0) is 17.4. The number of amides is 1. The summed E-state index contributed by atoms with van der Waals surface area (Å²) in [5.74, 6) is 1.25. The van der Waals surface area contributed by atoms with Crippen LogP contribution in [0.25, 0.3) is 11.0 Å². The summed E-state index contributed by atoms with van der Waals surface area (Å²) in [7, 11) is 2.16. The number of likely N-dealkylation sites (tertiary alicyclic amines) is 1. The summed E-state index contributed by atoms with van der Waals surface area (Å²) < 4.78 is 0. The molecule has 2 aliphatic rings. The van der Waals surface area contributed by atoms with Crippen molar-refractivity contribution in [3.05, 3.63) is 18.6 Å². The summed E-state index contributed by atoms with van der Waals surface area (Å²) in [6, 6.07) is 2.59. The monoisotopic (exact) mass is 341 g/mol. The average molecular weight is 341 g/mol. The van der Waals surface area contributed by atoms with Crippen molar-refractivity contribution in [1.82, 2.24) is 19.9 Å². The number of carbonyl (C=O) groups excluding carboxylic acids is 1. The van der Waals surface area contributed by atoms with Crippen LogP contribution in [0.4, 0.5) is 5.82 Å². The Morgan fingerprint density at radius 2 is 1.96 bits per heavy atom. The molecule has 6 heteroatoms. The number of fused-ring (bicyclic) bond motifs is 1. The molecule has 2 aromatic rings. The number of rotatable bonds is 2. The molecule has 1 amide bonds. The first-order valence-corrected chi connectivity index (χ1v) is 9.34. The van der Waals surface area contributed by atoms with E-state index in [0.717, 1.165) is 29.9 Å². The van der Waals surface area contributed by atoms with Gasteiger partial charge >= 0.3 is 0 Å². The third-order valence-corrected chi connectivity index (χ3v) is 6.50. The fraction of sp³-hybridized carbons (Fsp3) is 0.632. The molecular weight excluding hydrogens is 314 g/mol. The van der Waals surface area contributed by atoms with Gasteiger partial charge in [0.05, 0.1) is 5.39 Å². The maximum Gasteiger partial charge on any atom is 0.219 e. The summed E-state index contributed by atoms with van der Waals surface area (Å²) in [6.07, 6.45) is 10.8. The summed E-state index contributed by atoms with van der Waals surface area (Å²) in [5, 5.41) is 1.10. The van der Waals surface area contributed by atoms with Crippen LogP contribution < -0.4 is 4.90 Å². The van der Waals surface area contributed by atoms with Gasteiger partial charge in [-0.3, -0.25) is 4.79 Å². The maximum atomic E-state index is 11.6. The first kappa shape index (κ1) is 16.4.